The van der Waals surface area contributed by atoms with Gasteiger partial charge in [-0.25, -0.2) is 18.4 Å². The summed E-state index contributed by atoms with van der Waals surface area (Å²) >= 11 is 0. The Morgan fingerprint density at radius 2 is 1.43 bits per heavy atom. The molecular weight excluding hydrogens is 604 g/mol. The van der Waals surface area contributed by atoms with Gasteiger partial charge in [0.15, 0.2) is 0 Å². The summed E-state index contributed by atoms with van der Waals surface area (Å²) in [6, 6.07) is 21.2. The first-order valence-corrected chi connectivity index (χ1v) is 16.4. The van der Waals surface area contributed by atoms with Gasteiger partial charge >= 0.3 is 0 Å². The van der Waals surface area contributed by atoms with E-state index in [0.29, 0.717) is 17.6 Å². The Kier molecular flexibility index (Phi) is 9.59. The molecule has 12 heteroatoms. The first-order valence-electron chi connectivity index (χ1n) is 15.0. The zero-order chi connectivity index (χ0) is 33.0. The number of rotatable bonds is 11. The van der Waals surface area contributed by atoms with E-state index in [4.69, 9.17) is 9.97 Å². The Balaban J connectivity index is 1.25. The number of aromatic nitrogens is 2. The highest BCUT2D eigenvalue weighted by Crippen LogP contribution is 2.28. The normalized spacial score (nSPS) is 13.1. The first-order chi connectivity index (χ1) is 21.9. The van der Waals surface area contributed by atoms with Crippen LogP contribution in [0.1, 0.15) is 32.8 Å². The molecule has 0 saturated carbocycles. The van der Waals surface area contributed by atoms with Crippen molar-refractivity contribution in [2.75, 3.05) is 11.9 Å². The zero-order valence-electron chi connectivity index (χ0n) is 26.0. The monoisotopic (exact) mass is 640 g/mol. The van der Waals surface area contributed by atoms with Gasteiger partial charge in [0.25, 0.3) is 0 Å². The fraction of sp³-hybridized carbons (Fsp3) is 0.265. The quantitative estimate of drug-likeness (QED) is 0.158. The summed E-state index contributed by atoms with van der Waals surface area (Å²) < 4.78 is 27.6. The maximum absolute atomic E-state index is 13.5. The molecule has 46 heavy (non-hydrogen) atoms. The Hall–Kier alpha value is -4.94. The molecule has 2 atom stereocenters. The van der Waals surface area contributed by atoms with Crippen LogP contribution < -0.4 is 20.7 Å². The highest BCUT2D eigenvalue weighted by atomic mass is 32.2. The minimum atomic E-state index is -3.94. The number of nitrogens with zero attached hydrogens (tertiary/aromatic N) is 2. The molecule has 0 aliphatic carbocycles. The number of sulfonamides is 1. The molecule has 4 N–H and O–H groups in total. The maximum Gasteiger partial charge on any atom is 0.246 e. The van der Waals surface area contributed by atoms with Crippen molar-refractivity contribution in [2.24, 2.45) is 5.92 Å². The minimum absolute atomic E-state index is 0.0267. The van der Waals surface area contributed by atoms with Crippen LogP contribution in [0.2, 0.25) is 0 Å². The van der Waals surface area contributed by atoms with E-state index in [-0.39, 0.29) is 10.8 Å². The molecule has 0 unspecified atom stereocenters. The van der Waals surface area contributed by atoms with Gasteiger partial charge in [-0.2, -0.15) is 4.72 Å². The molecule has 0 fully saturated rings. The number of amides is 3. The summed E-state index contributed by atoms with van der Waals surface area (Å²) in [5.74, 6) is -1.62. The minimum Gasteiger partial charge on any atom is -0.346 e. The first kappa shape index (κ1) is 32.5. The summed E-state index contributed by atoms with van der Waals surface area (Å²) in [5, 5.41) is 9.76. The van der Waals surface area contributed by atoms with Gasteiger partial charge in [0.2, 0.25) is 27.7 Å². The van der Waals surface area contributed by atoms with Gasteiger partial charge in [-0.1, -0.05) is 55.8 Å². The van der Waals surface area contributed by atoms with E-state index >= 15 is 0 Å². The smallest absolute Gasteiger partial charge is 0.246 e. The van der Waals surface area contributed by atoms with Crippen LogP contribution in [0.3, 0.4) is 0 Å². The van der Waals surface area contributed by atoms with Crippen LogP contribution in [0.25, 0.3) is 32.8 Å². The molecule has 1 aromatic heterocycles. The second kappa shape index (κ2) is 13.6. The molecule has 1 heterocycles. The second-order valence-electron chi connectivity index (χ2n) is 11.7. The molecule has 0 spiro atoms. The largest absolute Gasteiger partial charge is 0.346 e. The van der Waals surface area contributed by atoms with E-state index in [0.717, 1.165) is 32.9 Å². The van der Waals surface area contributed by atoms with Crippen molar-refractivity contribution in [2.45, 2.75) is 51.1 Å². The topological polar surface area (TPSA) is 159 Å². The van der Waals surface area contributed by atoms with Crippen LogP contribution in [0.15, 0.2) is 83.8 Å². The Morgan fingerprint density at radius 1 is 0.783 bits per heavy atom. The third-order valence-electron chi connectivity index (χ3n) is 7.44. The van der Waals surface area contributed by atoms with E-state index in [9.17, 15) is 22.8 Å². The number of fused-ring (bicyclic) bond motifs is 3. The van der Waals surface area contributed by atoms with E-state index in [2.05, 4.69) is 20.7 Å². The molecule has 0 aliphatic heterocycles. The number of hydrogen-bond acceptors (Lipinski definition) is 7. The molecule has 5 aromatic rings. The van der Waals surface area contributed by atoms with Crippen molar-refractivity contribution in [3.63, 3.8) is 0 Å². The molecule has 5 rings (SSSR count). The van der Waals surface area contributed by atoms with Crippen molar-refractivity contribution >= 4 is 66.3 Å². The van der Waals surface area contributed by atoms with Crippen LogP contribution in [0.5, 0.6) is 0 Å². The maximum atomic E-state index is 13.5. The van der Waals surface area contributed by atoms with E-state index in [1.54, 1.807) is 18.2 Å². The molecule has 238 valence electrons. The van der Waals surface area contributed by atoms with E-state index in [1.165, 1.54) is 19.1 Å². The van der Waals surface area contributed by atoms with Gasteiger partial charge in [0, 0.05) is 11.1 Å². The Labute approximate surface area is 267 Å². The van der Waals surface area contributed by atoms with Crippen molar-refractivity contribution in [1.29, 1.82) is 0 Å². The lowest BCUT2D eigenvalue weighted by molar-refractivity contribution is -0.128. The number of benzene rings is 4. The van der Waals surface area contributed by atoms with Crippen LogP contribution in [0.4, 0.5) is 5.69 Å². The van der Waals surface area contributed by atoms with Crippen molar-refractivity contribution < 1.29 is 22.8 Å². The molecule has 0 bridgehead atoms. The number of anilines is 1. The predicted octanol–water partition coefficient (Wildman–Crippen LogP) is 4.20. The second-order valence-corrected chi connectivity index (χ2v) is 13.4. The fourth-order valence-electron chi connectivity index (χ4n) is 5.06. The van der Waals surface area contributed by atoms with Gasteiger partial charge in [-0.15, -0.1) is 0 Å². The lowest BCUT2D eigenvalue weighted by Crippen LogP contribution is -2.50. The number of carbonyl (C=O) groups excluding carboxylic acids is 3. The molecular formula is C34H36N6O5S. The molecule has 3 amide bonds. The van der Waals surface area contributed by atoms with Gasteiger partial charge in [0.1, 0.15) is 6.04 Å². The van der Waals surface area contributed by atoms with Crippen LogP contribution in [-0.2, 0) is 24.4 Å². The number of nitrogens with one attached hydrogen (secondary N) is 4. The third-order valence-corrected chi connectivity index (χ3v) is 8.99. The van der Waals surface area contributed by atoms with Gasteiger partial charge in [-0.05, 0) is 74.0 Å². The van der Waals surface area contributed by atoms with Crippen molar-refractivity contribution in [1.82, 2.24) is 25.3 Å². The number of hydrogen-bond donors (Lipinski definition) is 4. The summed E-state index contributed by atoms with van der Waals surface area (Å²) in [6.45, 7) is 6.65. The zero-order valence-corrected chi connectivity index (χ0v) is 26.8. The fourth-order valence-corrected chi connectivity index (χ4v) is 6.27. The Bertz CT molecular complexity index is 2050. The van der Waals surface area contributed by atoms with Crippen LogP contribution in [0, 0.1) is 12.8 Å². The SMILES string of the molecule is Cc1ccc(S(=O)(=O)N[C@@H](C)C(=O)NCC(=O)N[C@@H](CC(C)C)C(=O)Nc2cccc3cc4nc5ccccc5nc4cc23)cc1. The summed E-state index contributed by atoms with van der Waals surface area (Å²) in [5.41, 5.74) is 4.44. The number of para-hydroxylation sites is 2. The summed E-state index contributed by atoms with van der Waals surface area (Å²) in [6.07, 6.45) is 0.351. The van der Waals surface area contributed by atoms with E-state index < -0.39 is 46.4 Å². The summed E-state index contributed by atoms with van der Waals surface area (Å²) in [7, 11) is -3.94. The predicted molar refractivity (Wildman–Crippen MR) is 179 cm³/mol. The van der Waals surface area contributed by atoms with Crippen LogP contribution in [-0.4, -0.2) is 54.7 Å². The highest BCUT2D eigenvalue weighted by Gasteiger charge is 2.25. The molecule has 0 radical (unpaired) electrons. The average Bonchev–Trinajstić information content (AvgIpc) is 3.01. The molecule has 0 aliphatic rings. The Morgan fingerprint density at radius 3 is 2.09 bits per heavy atom. The lowest BCUT2D eigenvalue weighted by atomic mass is 10.0. The highest BCUT2D eigenvalue weighted by molar-refractivity contribution is 7.89. The van der Waals surface area contributed by atoms with Gasteiger partial charge in [0.05, 0.1) is 39.5 Å². The molecule has 4 aromatic carbocycles. The standard InChI is InChI=1S/C34H36N6O5S/c1-20(2)16-31(38-32(41)19-35-33(42)22(4)40-46(44,45)24-14-12-21(3)13-15-24)34(43)39-26-11-7-8-23-17-29-30(18-25(23)26)37-28-10-6-5-9-27(28)36-29/h5-15,17-18,20,22,31,40H,16,19H2,1-4H3,(H,35,42)(H,38,41)(H,39,43)/t22-,31-/m0/s1. The van der Waals surface area contributed by atoms with Gasteiger partial charge < -0.3 is 16.0 Å². The third kappa shape index (κ3) is 7.64. The van der Waals surface area contributed by atoms with Crippen molar-refractivity contribution in [3.8, 4) is 0 Å². The van der Waals surface area contributed by atoms with Crippen LogP contribution >= 0.6 is 0 Å². The number of carbonyl (C=O) groups is 3. The van der Waals surface area contributed by atoms with E-state index in [1.807, 2.05) is 69.3 Å². The molecule has 0 saturated heterocycles. The lowest BCUT2D eigenvalue weighted by Gasteiger charge is -2.21. The van der Waals surface area contributed by atoms with Crippen molar-refractivity contribution in [3.05, 3.63) is 84.4 Å². The van der Waals surface area contributed by atoms with Gasteiger partial charge in [-0.3, -0.25) is 14.4 Å². The summed E-state index contributed by atoms with van der Waals surface area (Å²) in [4.78, 5) is 48.5. The molecule has 11 nitrogen and oxygen atoms in total. The number of aryl methyl sites for hydroxylation is 1. The average molecular weight is 641 g/mol.